The zero-order valence-corrected chi connectivity index (χ0v) is 12.1. The highest BCUT2D eigenvalue weighted by Crippen LogP contribution is 1.99. The lowest BCUT2D eigenvalue weighted by atomic mass is 10.4. The Morgan fingerprint density at radius 2 is 1.65 bits per heavy atom. The SMILES string of the molecule is C#CCN(CC(=O)O)C(=O)N(C)CC(=O)N(CC)CC. The van der Waals surface area contributed by atoms with Crippen LogP contribution in [0.2, 0.25) is 0 Å². The maximum Gasteiger partial charge on any atom is 0.323 e. The molecule has 0 saturated carbocycles. The van der Waals surface area contributed by atoms with Crippen molar-refractivity contribution in [3.8, 4) is 12.3 Å². The van der Waals surface area contributed by atoms with E-state index in [0.29, 0.717) is 13.1 Å². The van der Waals surface area contributed by atoms with Gasteiger partial charge in [-0.1, -0.05) is 5.92 Å². The van der Waals surface area contributed by atoms with E-state index in [1.807, 2.05) is 13.8 Å². The van der Waals surface area contributed by atoms with Crippen molar-refractivity contribution in [1.82, 2.24) is 14.7 Å². The van der Waals surface area contributed by atoms with Crippen LogP contribution in [0.4, 0.5) is 4.79 Å². The first-order valence-electron chi connectivity index (χ1n) is 6.30. The first-order valence-corrected chi connectivity index (χ1v) is 6.30. The maximum atomic E-state index is 12.0. The molecule has 0 aromatic carbocycles. The second kappa shape index (κ2) is 8.80. The predicted octanol–water partition coefficient (Wildman–Crippen LogP) is -0.0736. The average molecular weight is 283 g/mol. The summed E-state index contributed by atoms with van der Waals surface area (Å²) in [5.41, 5.74) is 0. The third-order valence-electron chi connectivity index (χ3n) is 2.69. The Bertz CT molecular complexity index is 399. The lowest BCUT2D eigenvalue weighted by molar-refractivity contribution is -0.137. The fraction of sp³-hybridized carbons (Fsp3) is 0.615. The number of amides is 3. The fourth-order valence-corrected chi connectivity index (χ4v) is 1.65. The molecule has 0 heterocycles. The molecule has 0 atom stereocenters. The molecular weight excluding hydrogens is 262 g/mol. The van der Waals surface area contributed by atoms with Gasteiger partial charge in [0.1, 0.15) is 13.1 Å². The molecule has 0 aliphatic carbocycles. The number of carbonyl (C=O) groups excluding carboxylic acids is 2. The largest absolute Gasteiger partial charge is 0.480 e. The van der Waals surface area contributed by atoms with Gasteiger partial charge >= 0.3 is 12.0 Å². The van der Waals surface area contributed by atoms with Gasteiger partial charge in [-0.25, -0.2) is 4.79 Å². The average Bonchev–Trinajstić information content (AvgIpc) is 2.38. The molecule has 0 spiro atoms. The molecule has 0 aromatic heterocycles. The van der Waals surface area contributed by atoms with Crippen molar-refractivity contribution in [2.24, 2.45) is 0 Å². The minimum Gasteiger partial charge on any atom is -0.480 e. The van der Waals surface area contributed by atoms with Crippen LogP contribution in [0.15, 0.2) is 0 Å². The molecule has 0 aliphatic heterocycles. The van der Waals surface area contributed by atoms with Crippen molar-refractivity contribution in [1.29, 1.82) is 0 Å². The van der Waals surface area contributed by atoms with E-state index in [2.05, 4.69) is 5.92 Å². The van der Waals surface area contributed by atoms with Crippen LogP contribution in [0.3, 0.4) is 0 Å². The van der Waals surface area contributed by atoms with Gasteiger partial charge in [-0.3, -0.25) is 9.59 Å². The van der Waals surface area contributed by atoms with Gasteiger partial charge in [0, 0.05) is 20.1 Å². The first kappa shape index (κ1) is 17.8. The number of hydrogen-bond acceptors (Lipinski definition) is 3. The second-order valence-electron chi connectivity index (χ2n) is 4.16. The maximum absolute atomic E-state index is 12.0. The van der Waals surface area contributed by atoms with Gasteiger partial charge in [0.15, 0.2) is 0 Å². The van der Waals surface area contributed by atoms with Crippen LogP contribution in [-0.4, -0.2) is 77.5 Å². The van der Waals surface area contributed by atoms with E-state index in [0.717, 1.165) is 4.90 Å². The van der Waals surface area contributed by atoms with Crippen LogP contribution in [-0.2, 0) is 9.59 Å². The quantitative estimate of drug-likeness (QED) is 0.663. The molecule has 0 fully saturated rings. The summed E-state index contributed by atoms with van der Waals surface area (Å²) < 4.78 is 0. The molecule has 7 nitrogen and oxygen atoms in total. The summed E-state index contributed by atoms with van der Waals surface area (Å²) in [6.07, 6.45) is 5.11. The number of nitrogens with zero attached hydrogens (tertiary/aromatic N) is 3. The Morgan fingerprint density at radius 1 is 1.10 bits per heavy atom. The van der Waals surface area contributed by atoms with Crippen molar-refractivity contribution in [2.75, 3.05) is 39.8 Å². The summed E-state index contributed by atoms with van der Waals surface area (Å²) in [6.45, 7) is 4.08. The summed E-state index contributed by atoms with van der Waals surface area (Å²) in [6, 6.07) is -0.578. The molecule has 1 N–H and O–H groups in total. The number of carbonyl (C=O) groups is 3. The Labute approximate surface area is 119 Å². The Kier molecular flexibility index (Phi) is 7.82. The molecule has 112 valence electrons. The van der Waals surface area contributed by atoms with Crippen LogP contribution < -0.4 is 0 Å². The van der Waals surface area contributed by atoms with Gasteiger partial charge < -0.3 is 19.8 Å². The number of carboxylic acid groups (broad SMARTS) is 1. The zero-order valence-electron chi connectivity index (χ0n) is 12.1. The van der Waals surface area contributed by atoms with E-state index in [4.69, 9.17) is 11.5 Å². The summed E-state index contributed by atoms with van der Waals surface area (Å²) >= 11 is 0. The summed E-state index contributed by atoms with van der Waals surface area (Å²) in [5.74, 6) is 0.879. The van der Waals surface area contributed by atoms with Crippen LogP contribution in [0.5, 0.6) is 0 Å². The molecular formula is C13H21N3O4. The molecule has 0 aliphatic rings. The Balaban J connectivity index is 4.69. The highest BCUT2D eigenvalue weighted by atomic mass is 16.4. The van der Waals surface area contributed by atoms with Crippen molar-refractivity contribution in [3.05, 3.63) is 0 Å². The van der Waals surface area contributed by atoms with E-state index < -0.39 is 18.5 Å². The summed E-state index contributed by atoms with van der Waals surface area (Å²) in [4.78, 5) is 38.3. The van der Waals surface area contributed by atoms with Crippen molar-refractivity contribution in [2.45, 2.75) is 13.8 Å². The first-order chi connectivity index (χ1) is 9.37. The smallest absolute Gasteiger partial charge is 0.323 e. The summed E-state index contributed by atoms with van der Waals surface area (Å²) in [5, 5.41) is 8.73. The van der Waals surface area contributed by atoms with Crippen molar-refractivity contribution in [3.63, 3.8) is 0 Å². The van der Waals surface area contributed by atoms with Gasteiger partial charge in [-0.15, -0.1) is 6.42 Å². The highest BCUT2D eigenvalue weighted by molar-refractivity contribution is 5.85. The van der Waals surface area contributed by atoms with Crippen LogP contribution >= 0.6 is 0 Å². The monoisotopic (exact) mass is 283 g/mol. The third kappa shape index (κ3) is 5.61. The normalized spacial score (nSPS) is 9.50. The van der Waals surface area contributed by atoms with E-state index in [1.165, 1.54) is 11.9 Å². The van der Waals surface area contributed by atoms with Crippen LogP contribution in [0.1, 0.15) is 13.8 Å². The number of carboxylic acids is 1. The number of likely N-dealkylation sites (N-methyl/N-ethyl adjacent to an activating group) is 2. The van der Waals surface area contributed by atoms with Gasteiger partial charge in [-0.2, -0.15) is 0 Å². The molecule has 0 aromatic rings. The second-order valence-corrected chi connectivity index (χ2v) is 4.16. The predicted molar refractivity (Wildman–Crippen MR) is 74.0 cm³/mol. The molecule has 0 unspecified atom stereocenters. The lowest BCUT2D eigenvalue weighted by Crippen LogP contribution is -2.48. The van der Waals surface area contributed by atoms with Crippen LogP contribution in [0, 0.1) is 12.3 Å². The number of terminal acetylenes is 1. The number of urea groups is 1. The molecule has 0 radical (unpaired) electrons. The van der Waals surface area contributed by atoms with Gasteiger partial charge in [0.25, 0.3) is 0 Å². The molecule has 0 rings (SSSR count). The molecule has 7 heteroatoms. The van der Waals surface area contributed by atoms with Gasteiger partial charge in [0.05, 0.1) is 6.54 Å². The van der Waals surface area contributed by atoms with Crippen LogP contribution in [0.25, 0.3) is 0 Å². The Morgan fingerprint density at radius 3 is 2.05 bits per heavy atom. The lowest BCUT2D eigenvalue weighted by Gasteiger charge is -2.27. The van der Waals surface area contributed by atoms with Crippen molar-refractivity contribution < 1.29 is 19.5 Å². The third-order valence-corrected chi connectivity index (χ3v) is 2.69. The van der Waals surface area contributed by atoms with E-state index >= 15 is 0 Å². The zero-order chi connectivity index (χ0) is 15.7. The summed E-state index contributed by atoms with van der Waals surface area (Å²) in [7, 11) is 1.44. The van der Waals surface area contributed by atoms with E-state index in [-0.39, 0.29) is 19.0 Å². The molecule has 20 heavy (non-hydrogen) atoms. The number of hydrogen-bond donors (Lipinski definition) is 1. The van der Waals surface area contributed by atoms with E-state index in [1.54, 1.807) is 4.90 Å². The molecule has 0 bridgehead atoms. The minimum atomic E-state index is -1.16. The van der Waals surface area contributed by atoms with Gasteiger partial charge in [0.2, 0.25) is 5.91 Å². The number of aliphatic carboxylic acids is 1. The minimum absolute atomic E-state index is 0.110. The van der Waals surface area contributed by atoms with E-state index in [9.17, 15) is 14.4 Å². The standard InChI is InChI=1S/C13H21N3O4/c1-5-8-16(10-12(18)19)13(20)14(4)9-11(17)15(6-2)7-3/h1H,6-10H2,2-4H3,(H,18,19). The highest BCUT2D eigenvalue weighted by Gasteiger charge is 2.22. The fourth-order valence-electron chi connectivity index (χ4n) is 1.65. The molecule has 3 amide bonds. The van der Waals surface area contributed by atoms with Gasteiger partial charge in [-0.05, 0) is 13.8 Å². The van der Waals surface area contributed by atoms with Crippen molar-refractivity contribution >= 4 is 17.9 Å². The molecule has 0 saturated heterocycles. The number of rotatable bonds is 7. The topological polar surface area (TPSA) is 81.2 Å². The Hall–Kier alpha value is -2.23.